The van der Waals surface area contributed by atoms with E-state index < -0.39 is 0 Å². The van der Waals surface area contributed by atoms with Crippen LogP contribution in [0.3, 0.4) is 0 Å². The molecule has 144 valence electrons. The van der Waals surface area contributed by atoms with Gasteiger partial charge in [-0.05, 0) is 30.4 Å². The lowest BCUT2D eigenvalue weighted by molar-refractivity contribution is 0.256. The molecule has 1 aliphatic heterocycles. The Morgan fingerprint density at radius 2 is 2.04 bits per heavy atom. The van der Waals surface area contributed by atoms with Gasteiger partial charge in [0.05, 0.1) is 17.3 Å². The van der Waals surface area contributed by atoms with E-state index >= 15 is 0 Å². The molecule has 1 saturated heterocycles. The molecule has 1 fully saturated rings. The van der Waals surface area contributed by atoms with Gasteiger partial charge in [0, 0.05) is 33.5 Å². The molecule has 1 aromatic carbocycles. The first-order valence-corrected chi connectivity index (χ1v) is 11.3. The summed E-state index contributed by atoms with van der Waals surface area (Å²) in [5, 5.41) is 0.991. The number of para-hydroxylation sites is 2. The van der Waals surface area contributed by atoms with Crippen molar-refractivity contribution in [1.82, 2.24) is 4.90 Å². The molecule has 0 aliphatic carbocycles. The van der Waals surface area contributed by atoms with Crippen molar-refractivity contribution in [3.05, 3.63) is 24.3 Å². The summed E-state index contributed by atoms with van der Waals surface area (Å²) in [5.41, 5.74) is 2.37. The Hall–Kier alpha value is -0.760. The van der Waals surface area contributed by atoms with Gasteiger partial charge in [-0.1, -0.05) is 61.7 Å². The van der Waals surface area contributed by atoms with Gasteiger partial charge in [0.1, 0.15) is 4.32 Å². The van der Waals surface area contributed by atoms with Gasteiger partial charge in [-0.25, -0.2) is 4.99 Å². The molecule has 4 nitrogen and oxygen atoms in total. The Morgan fingerprint density at radius 3 is 2.65 bits per heavy atom. The first-order valence-electron chi connectivity index (χ1n) is 8.87. The summed E-state index contributed by atoms with van der Waals surface area (Å²) in [7, 11) is 5.79. The van der Waals surface area contributed by atoms with Gasteiger partial charge in [-0.3, -0.25) is 0 Å². The first kappa shape index (κ1) is 21.5. The average molecular weight is 412 g/mol. The lowest BCUT2D eigenvalue weighted by atomic mass is 9.84. The number of nitrogens with zero attached hydrogens (tertiary/aromatic N) is 3. The predicted octanol–water partition coefficient (Wildman–Crippen LogP) is 5.22. The zero-order chi connectivity index (χ0) is 19.2. The van der Waals surface area contributed by atoms with Gasteiger partial charge >= 0.3 is 0 Å². The molecule has 0 unspecified atom stereocenters. The molecule has 0 spiro atoms. The van der Waals surface area contributed by atoms with Crippen LogP contribution in [-0.2, 0) is 4.74 Å². The number of ether oxygens (including phenoxy) is 1. The molecule has 0 aromatic heterocycles. The zero-order valence-corrected chi connectivity index (χ0v) is 18.8. The molecule has 1 aliphatic rings. The SMILES string of the molecule is CCC1(CC)CSC(=Nc2ccccc2N(C)C)N(C(=S)SCOC)C1. The number of aliphatic imine (C=N–C) groups is 1. The highest BCUT2D eigenvalue weighted by Crippen LogP contribution is 2.40. The summed E-state index contributed by atoms with van der Waals surface area (Å²) in [6.45, 7) is 5.47. The van der Waals surface area contributed by atoms with Crippen LogP contribution in [0, 0.1) is 5.41 Å². The number of amidine groups is 1. The molecule has 0 bridgehead atoms. The summed E-state index contributed by atoms with van der Waals surface area (Å²) in [6, 6.07) is 8.24. The third-order valence-electron chi connectivity index (χ3n) is 4.83. The fraction of sp³-hybridized carbons (Fsp3) is 0.579. The van der Waals surface area contributed by atoms with E-state index in [9.17, 15) is 0 Å². The number of anilines is 1. The Balaban J connectivity index is 2.37. The third-order valence-corrected chi connectivity index (χ3v) is 7.55. The van der Waals surface area contributed by atoms with Gasteiger partial charge in [0.15, 0.2) is 5.17 Å². The molecule has 0 amide bonds. The lowest BCUT2D eigenvalue weighted by Gasteiger charge is -2.42. The number of thiocarbonyl (C=S) groups is 1. The topological polar surface area (TPSA) is 28.1 Å². The van der Waals surface area contributed by atoms with Crippen LogP contribution < -0.4 is 4.90 Å². The van der Waals surface area contributed by atoms with E-state index in [1.807, 2.05) is 38.0 Å². The molecule has 2 rings (SSSR count). The van der Waals surface area contributed by atoms with Crippen molar-refractivity contribution >= 4 is 56.6 Å². The quantitative estimate of drug-likeness (QED) is 0.471. The summed E-state index contributed by atoms with van der Waals surface area (Å²) in [6.07, 6.45) is 2.29. The Kier molecular flexibility index (Phi) is 8.26. The molecule has 0 radical (unpaired) electrons. The molecule has 0 saturated carbocycles. The highest BCUT2D eigenvalue weighted by molar-refractivity contribution is 8.23. The Bertz CT molecular complexity index is 645. The fourth-order valence-electron chi connectivity index (χ4n) is 2.88. The maximum Gasteiger partial charge on any atom is 0.170 e. The largest absolute Gasteiger partial charge is 0.376 e. The van der Waals surface area contributed by atoms with Crippen molar-refractivity contribution in [3.63, 3.8) is 0 Å². The van der Waals surface area contributed by atoms with Gasteiger partial charge in [0.25, 0.3) is 0 Å². The van der Waals surface area contributed by atoms with Crippen LogP contribution in [0.1, 0.15) is 26.7 Å². The monoisotopic (exact) mass is 411 g/mol. The number of thioether (sulfide) groups is 2. The van der Waals surface area contributed by atoms with Crippen molar-refractivity contribution in [2.45, 2.75) is 26.7 Å². The highest BCUT2D eigenvalue weighted by Gasteiger charge is 2.37. The van der Waals surface area contributed by atoms with E-state index in [0.29, 0.717) is 5.94 Å². The molecule has 7 heteroatoms. The molecule has 0 atom stereocenters. The second kappa shape index (κ2) is 9.97. The molecule has 26 heavy (non-hydrogen) atoms. The van der Waals surface area contributed by atoms with Crippen LogP contribution in [0.2, 0.25) is 0 Å². The maximum atomic E-state index is 5.72. The van der Waals surface area contributed by atoms with E-state index in [1.54, 1.807) is 18.9 Å². The van der Waals surface area contributed by atoms with Crippen LogP contribution in [0.25, 0.3) is 0 Å². The van der Waals surface area contributed by atoms with E-state index in [0.717, 1.165) is 46.0 Å². The summed E-state index contributed by atoms with van der Waals surface area (Å²) < 4.78 is 6.05. The van der Waals surface area contributed by atoms with Crippen molar-refractivity contribution in [3.8, 4) is 0 Å². The molecular weight excluding hydrogens is 382 g/mol. The number of methoxy groups -OCH3 is 1. The van der Waals surface area contributed by atoms with E-state index in [4.69, 9.17) is 21.9 Å². The lowest BCUT2D eigenvalue weighted by Crippen LogP contribution is -2.47. The standard InChI is InChI=1S/C19H29N3OS3/c1-6-19(7-2)12-22(18(24)26-14-23-5)17(25-13-19)20-15-10-8-9-11-16(15)21(3)4/h8-11H,6-7,12-14H2,1-5H3. The molecule has 1 heterocycles. The van der Waals surface area contributed by atoms with Crippen LogP contribution in [0.15, 0.2) is 29.3 Å². The molecule has 1 aromatic rings. The molecule has 0 N–H and O–H groups in total. The van der Waals surface area contributed by atoms with Crippen molar-refractivity contribution in [2.75, 3.05) is 44.3 Å². The van der Waals surface area contributed by atoms with E-state index in [2.05, 4.69) is 35.8 Å². The minimum atomic E-state index is 0.280. The summed E-state index contributed by atoms with van der Waals surface area (Å²) in [4.78, 5) is 9.32. The second-order valence-corrected chi connectivity index (χ2v) is 9.17. The van der Waals surface area contributed by atoms with Crippen LogP contribution >= 0.6 is 35.7 Å². The minimum Gasteiger partial charge on any atom is -0.376 e. The van der Waals surface area contributed by atoms with Gasteiger partial charge in [-0.15, -0.1) is 0 Å². The van der Waals surface area contributed by atoms with Gasteiger partial charge in [-0.2, -0.15) is 0 Å². The van der Waals surface area contributed by atoms with E-state index in [1.165, 1.54) is 0 Å². The number of hydrogen-bond acceptors (Lipinski definition) is 6. The smallest absolute Gasteiger partial charge is 0.170 e. The molecular formula is C19H29N3OS3. The maximum absolute atomic E-state index is 5.72. The first-order chi connectivity index (χ1) is 12.5. The zero-order valence-electron chi connectivity index (χ0n) is 16.3. The van der Waals surface area contributed by atoms with E-state index in [-0.39, 0.29) is 5.41 Å². The van der Waals surface area contributed by atoms with Gasteiger partial charge in [0.2, 0.25) is 0 Å². The third kappa shape index (κ3) is 5.15. The normalized spacial score (nSPS) is 18.2. The number of hydrogen-bond donors (Lipinski definition) is 0. The van der Waals surface area contributed by atoms with Crippen molar-refractivity contribution in [1.29, 1.82) is 0 Å². The number of rotatable bonds is 6. The average Bonchev–Trinajstić information content (AvgIpc) is 2.67. The van der Waals surface area contributed by atoms with Crippen LogP contribution in [0.5, 0.6) is 0 Å². The number of benzene rings is 1. The second-order valence-electron chi connectivity index (χ2n) is 6.68. The van der Waals surface area contributed by atoms with Crippen molar-refractivity contribution in [2.24, 2.45) is 10.4 Å². The minimum absolute atomic E-state index is 0.280. The highest BCUT2D eigenvalue weighted by atomic mass is 32.2. The van der Waals surface area contributed by atoms with Crippen molar-refractivity contribution < 1.29 is 4.74 Å². The Labute approximate surface area is 171 Å². The summed E-state index contributed by atoms with van der Waals surface area (Å²) >= 11 is 9.10. The van der Waals surface area contributed by atoms with Crippen LogP contribution in [0.4, 0.5) is 11.4 Å². The Morgan fingerprint density at radius 1 is 1.35 bits per heavy atom. The fourth-order valence-corrected chi connectivity index (χ4v) is 5.23. The summed E-state index contributed by atoms with van der Waals surface area (Å²) in [5.74, 6) is 1.64. The predicted molar refractivity (Wildman–Crippen MR) is 122 cm³/mol. The van der Waals surface area contributed by atoms with Crippen LogP contribution in [-0.4, -0.2) is 53.8 Å². The van der Waals surface area contributed by atoms with Gasteiger partial charge < -0.3 is 14.5 Å².